The molecular weight excluding hydrogens is 292 g/mol. The van der Waals surface area contributed by atoms with Crippen LogP contribution in [0.2, 0.25) is 0 Å². The van der Waals surface area contributed by atoms with Crippen molar-refractivity contribution in [2.24, 2.45) is 16.6 Å². The minimum absolute atomic E-state index is 0.0136. The molecular formula is C13H26N4O3S. The Labute approximate surface area is 127 Å². The number of guanidine groups is 1. The predicted octanol–water partition coefficient (Wildman–Crippen LogP) is -0.259. The first-order valence-corrected chi connectivity index (χ1v) is 9.25. The summed E-state index contributed by atoms with van der Waals surface area (Å²) in [4.78, 5) is 6.11. The fraction of sp³-hybridized carbons (Fsp3) is 0.923. The maximum absolute atomic E-state index is 11.8. The molecule has 0 aromatic rings. The highest BCUT2D eigenvalue weighted by Gasteiger charge is 2.20. The zero-order valence-corrected chi connectivity index (χ0v) is 13.4. The van der Waals surface area contributed by atoms with Gasteiger partial charge in [-0.15, -0.1) is 0 Å². The van der Waals surface area contributed by atoms with Gasteiger partial charge in [0.1, 0.15) is 0 Å². The van der Waals surface area contributed by atoms with Crippen LogP contribution < -0.4 is 10.5 Å². The fourth-order valence-corrected chi connectivity index (χ4v) is 3.39. The van der Waals surface area contributed by atoms with Gasteiger partial charge in [0.2, 0.25) is 10.0 Å². The van der Waals surface area contributed by atoms with Gasteiger partial charge in [-0.25, -0.2) is 13.1 Å². The van der Waals surface area contributed by atoms with Gasteiger partial charge >= 0.3 is 0 Å². The van der Waals surface area contributed by atoms with Gasteiger partial charge in [0.25, 0.3) is 0 Å². The lowest BCUT2D eigenvalue weighted by atomic mass is 9.86. The maximum atomic E-state index is 11.8. The summed E-state index contributed by atoms with van der Waals surface area (Å²) >= 11 is 0. The van der Waals surface area contributed by atoms with E-state index in [0.717, 1.165) is 12.8 Å². The van der Waals surface area contributed by atoms with Gasteiger partial charge in [-0.1, -0.05) is 6.42 Å². The second kappa shape index (κ2) is 7.42. The molecule has 122 valence electrons. The molecule has 0 amide bonds. The number of rotatable bonds is 6. The third-order valence-corrected chi connectivity index (χ3v) is 5.34. The molecule has 7 nitrogen and oxygen atoms in total. The van der Waals surface area contributed by atoms with E-state index >= 15 is 0 Å². The smallest absolute Gasteiger partial charge is 0.213 e. The van der Waals surface area contributed by atoms with Crippen LogP contribution in [0.4, 0.5) is 0 Å². The fourth-order valence-electron chi connectivity index (χ4n) is 2.42. The van der Waals surface area contributed by atoms with E-state index < -0.39 is 10.0 Å². The Morgan fingerprint density at radius 3 is 2.86 bits per heavy atom. The maximum Gasteiger partial charge on any atom is 0.213 e. The Hall–Kier alpha value is -0.860. The van der Waals surface area contributed by atoms with Gasteiger partial charge in [0.05, 0.1) is 25.0 Å². The molecule has 0 radical (unpaired) electrons. The number of hydrogen-bond donors (Lipinski definition) is 2. The number of aliphatic imine (C=N–C) groups is 1. The molecule has 1 saturated carbocycles. The molecule has 2 fully saturated rings. The number of ether oxygens (including phenoxy) is 1. The first-order chi connectivity index (χ1) is 9.96. The van der Waals surface area contributed by atoms with Gasteiger partial charge in [-0.2, -0.15) is 0 Å². The van der Waals surface area contributed by atoms with E-state index in [2.05, 4.69) is 9.71 Å². The SMILES string of the molecule is CC1CN(C(N)=NCCS(=O)(=O)NCC2CCC2)CCO1. The number of morpholine rings is 1. The summed E-state index contributed by atoms with van der Waals surface area (Å²) in [6.07, 6.45) is 3.59. The van der Waals surface area contributed by atoms with Crippen molar-refractivity contribution in [3.05, 3.63) is 0 Å². The van der Waals surface area contributed by atoms with E-state index in [1.807, 2.05) is 11.8 Å². The summed E-state index contributed by atoms with van der Waals surface area (Å²) in [6, 6.07) is 0. The molecule has 3 N–H and O–H groups in total. The Bertz CT molecular complexity index is 462. The first kappa shape index (κ1) is 16.5. The number of nitrogens with one attached hydrogen (secondary N) is 1. The van der Waals surface area contributed by atoms with Crippen molar-refractivity contribution < 1.29 is 13.2 Å². The molecule has 1 heterocycles. The molecule has 0 bridgehead atoms. The van der Waals surface area contributed by atoms with Crippen molar-refractivity contribution in [2.75, 3.05) is 38.5 Å². The number of hydrogen-bond acceptors (Lipinski definition) is 4. The molecule has 0 aromatic carbocycles. The van der Waals surface area contributed by atoms with Crippen molar-refractivity contribution in [3.8, 4) is 0 Å². The van der Waals surface area contributed by atoms with Crippen molar-refractivity contribution in [2.45, 2.75) is 32.3 Å². The van der Waals surface area contributed by atoms with E-state index in [0.29, 0.717) is 38.1 Å². The van der Waals surface area contributed by atoms with Crippen LogP contribution in [0.5, 0.6) is 0 Å². The molecule has 0 aromatic heterocycles. The Morgan fingerprint density at radius 1 is 1.48 bits per heavy atom. The van der Waals surface area contributed by atoms with Gasteiger partial charge in [0.15, 0.2) is 5.96 Å². The molecule has 0 spiro atoms. The summed E-state index contributed by atoms with van der Waals surface area (Å²) < 4.78 is 31.7. The van der Waals surface area contributed by atoms with E-state index in [1.54, 1.807) is 0 Å². The lowest BCUT2D eigenvalue weighted by Gasteiger charge is -2.31. The van der Waals surface area contributed by atoms with Crippen LogP contribution >= 0.6 is 0 Å². The van der Waals surface area contributed by atoms with E-state index in [-0.39, 0.29) is 18.4 Å². The Balaban J connectivity index is 1.71. The van der Waals surface area contributed by atoms with Crippen LogP contribution in [0, 0.1) is 5.92 Å². The van der Waals surface area contributed by atoms with Crippen LogP contribution in [0.1, 0.15) is 26.2 Å². The monoisotopic (exact) mass is 318 g/mol. The number of nitrogens with two attached hydrogens (primary N) is 1. The second-order valence-corrected chi connectivity index (χ2v) is 7.76. The molecule has 1 aliphatic heterocycles. The lowest BCUT2D eigenvalue weighted by molar-refractivity contribution is 0.00531. The van der Waals surface area contributed by atoms with Crippen LogP contribution in [0.3, 0.4) is 0 Å². The van der Waals surface area contributed by atoms with Crippen LogP contribution in [-0.4, -0.2) is 63.9 Å². The summed E-state index contributed by atoms with van der Waals surface area (Å²) in [5.41, 5.74) is 5.90. The summed E-state index contributed by atoms with van der Waals surface area (Å²) in [5, 5.41) is 0. The highest BCUT2D eigenvalue weighted by Crippen LogP contribution is 2.25. The summed E-state index contributed by atoms with van der Waals surface area (Å²) in [7, 11) is -3.25. The van der Waals surface area contributed by atoms with Gasteiger partial charge in [-0.05, 0) is 25.7 Å². The van der Waals surface area contributed by atoms with Gasteiger partial charge < -0.3 is 15.4 Å². The Kier molecular flexibility index (Phi) is 5.83. The minimum atomic E-state index is -3.25. The topological polar surface area (TPSA) is 97.0 Å². The second-order valence-electron chi connectivity index (χ2n) is 5.83. The third-order valence-electron chi connectivity index (χ3n) is 4.02. The summed E-state index contributed by atoms with van der Waals surface area (Å²) in [5.74, 6) is 0.905. The third kappa shape index (κ3) is 5.44. The normalized spacial score (nSPS) is 24.9. The van der Waals surface area contributed by atoms with Crippen molar-refractivity contribution >= 4 is 16.0 Å². The first-order valence-electron chi connectivity index (χ1n) is 7.60. The average Bonchev–Trinajstić information content (AvgIpc) is 2.36. The van der Waals surface area contributed by atoms with Crippen LogP contribution in [-0.2, 0) is 14.8 Å². The van der Waals surface area contributed by atoms with Crippen LogP contribution in [0.15, 0.2) is 4.99 Å². The Morgan fingerprint density at radius 2 is 2.24 bits per heavy atom. The quantitative estimate of drug-likeness (QED) is 0.519. The average molecular weight is 318 g/mol. The molecule has 1 saturated heterocycles. The molecule has 1 unspecified atom stereocenters. The van der Waals surface area contributed by atoms with Crippen molar-refractivity contribution in [1.29, 1.82) is 0 Å². The molecule has 21 heavy (non-hydrogen) atoms. The highest BCUT2D eigenvalue weighted by molar-refractivity contribution is 7.89. The molecule has 1 atom stereocenters. The van der Waals surface area contributed by atoms with E-state index in [9.17, 15) is 8.42 Å². The lowest BCUT2D eigenvalue weighted by Crippen LogP contribution is -2.48. The highest BCUT2D eigenvalue weighted by atomic mass is 32.2. The predicted molar refractivity (Wildman–Crippen MR) is 82.6 cm³/mol. The van der Waals surface area contributed by atoms with E-state index in [1.165, 1.54) is 6.42 Å². The molecule has 1 aliphatic carbocycles. The molecule has 2 aliphatic rings. The standard InChI is InChI=1S/C13H26N4O3S/c1-11-10-17(6-7-20-11)13(14)15-5-8-21(18,19)16-9-12-3-2-4-12/h11-12,16H,2-10H2,1H3,(H2,14,15). The zero-order valence-electron chi connectivity index (χ0n) is 12.6. The van der Waals surface area contributed by atoms with E-state index in [4.69, 9.17) is 10.5 Å². The molecule has 8 heteroatoms. The summed E-state index contributed by atoms with van der Waals surface area (Å²) in [6.45, 7) is 4.75. The van der Waals surface area contributed by atoms with Gasteiger partial charge in [0, 0.05) is 19.6 Å². The largest absolute Gasteiger partial charge is 0.375 e. The molecule has 2 rings (SSSR count). The number of sulfonamides is 1. The van der Waals surface area contributed by atoms with Crippen LogP contribution in [0.25, 0.3) is 0 Å². The number of nitrogens with zero attached hydrogens (tertiary/aromatic N) is 2. The minimum Gasteiger partial charge on any atom is -0.375 e. The van der Waals surface area contributed by atoms with Crippen molar-refractivity contribution in [1.82, 2.24) is 9.62 Å². The van der Waals surface area contributed by atoms with Gasteiger partial charge in [-0.3, -0.25) is 4.99 Å². The van der Waals surface area contributed by atoms with Crippen molar-refractivity contribution in [3.63, 3.8) is 0 Å². The zero-order chi connectivity index (χ0) is 15.3.